The number of nitrogens with one attached hydrogen (secondary N) is 2. The molecule has 1 unspecified atom stereocenters. The van der Waals surface area contributed by atoms with Crippen LogP contribution in [-0.4, -0.2) is 24.0 Å². The maximum absolute atomic E-state index is 12.3. The van der Waals surface area contributed by atoms with Crippen molar-refractivity contribution in [1.82, 2.24) is 4.98 Å². The summed E-state index contributed by atoms with van der Waals surface area (Å²) in [5.41, 5.74) is 2.76. The Kier molecular flexibility index (Phi) is 3.25. The van der Waals surface area contributed by atoms with Crippen LogP contribution in [0.5, 0.6) is 5.88 Å². The fraction of sp³-hybridized carbons (Fsp3) is 0.200. The lowest BCUT2D eigenvalue weighted by Crippen LogP contribution is -2.32. The van der Waals surface area contributed by atoms with Crippen LogP contribution in [0.25, 0.3) is 0 Å². The summed E-state index contributed by atoms with van der Waals surface area (Å²) in [7, 11) is 1.53. The first kappa shape index (κ1) is 12.5. The van der Waals surface area contributed by atoms with Gasteiger partial charge in [0.25, 0.3) is 0 Å². The molecule has 0 radical (unpaired) electrons. The predicted molar refractivity (Wildman–Crippen MR) is 77.0 cm³/mol. The number of carbonyl (C=O) groups is 1. The largest absolute Gasteiger partial charge is 0.480 e. The zero-order chi connectivity index (χ0) is 13.9. The number of para-hydroxylation sites is 1. The number of fused-ring (bicyclic) bond motifs is 1. The van der Waals surface area contributed by atoms with Gasteiger partial charge in [0.05, 0.1) is 7.11 Å². The monoisotopic (exact) mass is 269 g/mol. The van der Waals surface area contributed by atoms with Crippen molar-refractivity contribution < 1.29 is 9.53 Å². The average Bonchev–Trinajstić information content (AvgIpc) is 2.92. The average molecular weight is 269 g/mol. The van der Waals surface area contributed by atoms with Gasteiger partial charge in [0.15, 0.2) is 0 Å². The van der Waals surface area contributed by atoms with Crippen molar-refractivity contribution in [2.24, 2.45) is 0 Å². The third-order valence-electron chi connectivity index (χ3n) is 3.31. The molecule has 20 heavy (non-hydrogen) atoms. The molecule has 2 N–H and O–H groups in total. The summed E-state index contributed by atoms with van der Waals surface area (Å²) in [6.45, 7) is 0. The van der Waals surface area contributed by atoms with Gasteiger partial charge in [-0.3, -0.25) is 4.79 Å². The second kappa shape index (κ2) is 5.21. The lowest BCUT2D eigenvalue weighted by Gasteiger charge is -2.13. The number of nitrogens with zero attached hydrogens (tertiary/aromatic N) is 1. The molecule has 1 atom stereocenters. The summed E-state index contributed by atoms with van der Waals surface area (Å²) in [4.78, 5) is 16.4. The zero-order valence-electron chi connectivity index (χ0n) is 11.1. The number of aromatic nitrogens is 1. The van der Waals surface area contributed by atoms with Crippen molar-refractivity contribution in [2.75, 3.05) is 17.7 Å². The van der Waals surface area contributed by atoms with E-state index in [-0.39, 0.29) is 11.9 Å². The third-order valence-corrected chi connectivity index (χ3v) is 3.31. The fourth-order valence-electron chi connectivity index (χ4n) is 2.32. The maximum atomic E-state index is 12.3. The Morgan fingerprint density at radius 1 is 1.35 bits per heavy atom. The van der Waals surface area contributed by atoms with E-state index in [4.69, 9.17) is 4.74 Å². The van der Waals surface area contributed by atoms with Crippen LogP contribution in [0.3, 0.4) is 0 Å². The minimum absolute atomic E-state index is 0.0903. The lowest BCUT2D eigenvalue weighted by atomic mass is 10.1. The van der Waals surface area contributed by atoms with Crippen molar-refractivity contribution >= 4 is 17.3 Å². The highest BCUT2D eigenvalue weighted by atomic mass is 16.5. The van der Waals surface area contributed by atoms with Crippen molar-refractivity contribution in [3.8, 4) is 5.88 Å². The molecule has 0 saturated heterocycles. The van der Waals surface area contributed by atoms with E-state index in [2.05, 4.69) is 15.6 Å². The topological polar surface area (TPSA) is 63.2 Å². The Morgan fingerprint density at radius 3 is 3.00 bits per heavy atom. The Labute approximate surface area is 117 Å². The van der Waals surface area contributed by atoms with Gasteiger partial charge in [-0.2, -0.15) is 0 Å². The van der Waals surface area contributed by atoms with Crippen LogP contribution in [0.1, 0.15) is 5.56 Å². The second-order valence-electron chi connectivity index (χ2n) is 4.61. The van der Waals surface area contributed by atoms with Crippen molar-refractivity contribution in [3.63, 3.8) is 0 Å². The molecule has 2 heterocycles. The Bertz CT molecular complexity index is 618. The number of benzene rings is 1. The summed E-state index contributed by atoms with van der Waals surface area (Å²) >= 11 is 0. The molecule has 1 amide bonds. The molecule has 5 heteroatoms. The third kappa shape index (κ3) is 2.30. The van der Waals surface area contributed by atoms with Gasteiger partial charge in [-0.15, -0.1) is 0 Å². The number of hydrogen-bond donors (Lipinski definition) is 2. The predicted octanol–water partition coefficient (Wildman–Crippen LogP) is 2.07. The molecular weight excluding hydrogens is 254 g/mol. The van der Waals surface area contributed by atoms with E-state index in [1.54, 1.807) is 18.3 Å². The van der Waals surface area contributed by atoms with Crippen LogP contribution < -0.4 is 15.4 Å². The summed E-state index contributed by atoms with van der Waals surface area (Å²) in [5, 5.41) is 6.07. The number of carbonyl (C=O) groups excluding carboxylic acids is 1. The number of rotatable bonds is 3. The Hall–Kier alpha value is -2.56. The van der Waals surface area contributed by atoms with Crippen LogP contribution in [0, 0.1) is 0 Å². The van der Waals surface area contributed by atoms with E-state index < -0.39 is 0 Å². The van der Waals surface area contributed by atoms with Crippen LogP contribution >= 0.6 is 0 Å². The highest BCUT2D eigenvalue weighted by Gasteiger charge is 2.26. The van der Waals surface area contributed by atoms with Gasteiger partial charge in [-0.25, -0.2) is 4.98 Å². The van der Waals surface area contributed by atoms with Crippen LogP contribution in [0.15, 0.2) is 42.6 Å². The molecule has 1 aliphatic heterocycles. The molecule has 5 nitrogen and oxygen atoms in total. The van der Waals surface area contributed by atoms with Gasteiger partial charge in [-0.05, 0) is 23.8 Å². The first-order chi connectivity index (χ1) is 9.78. The molecule has 0 aliphatic carbocycles. The summed E-state index contributed by atoms with van der Waals surface area (Å²) in [5.74, 6) is 0.323. The van der Waals surface area contributed by atoms with E-state index in [0.717, 1.165) is 11.3 Å². The number of amides is 1. The number of ether oxygens (including phenoxy) is 1. The van der Waals surface area contributed by atoms with E-state index in [1.807, 2.05) is 24.3 Å². The molecular formula is C15H15N3O2. The maximum Gasteiger partial charge on any atom is 0.247 e. The summed E-state index contributed by atoms with van der Waals surface area (Å²) in [6.07, 6.45) is 2.31. The lowest BCUT2D eigenvalue weighted by molar-refractivity contribution is -0.116. The smallest absolute Gasteiger partial charge is 0.247 e. The van der Waals surface area contributed by atoms with Crippen molar-refractivity contribution in [2.45, 2.75) is 12.5 Å². The molecule has 1 aliphatic rings. The van der Waals surface area contributed by atoms with E-state index in [1.165, 1.54) is 7.11 Å². The van der Waals surface area contributed by atoms with Crippen molar-refractivity contribution in [1.29, 1.82) is 0 Å². The van der Waals surface area contributed by atoms with Gasteiger partial charge < -0.3 is 15.4 Å². The molecule has 0 saturated carbocycles. The Morgan fingerprint density at radius 2 is 2.20 bits per heavy atom. The summed E-state index contributed by atoms with van der Waals surface area (Å²) < 4.78 is 5.12. The van der Waals surface area contributed by atoms with Gasteiger partial charge in [0, 0.05) is 18.3 Å². The molecule has 0 bridgehead atoms. The van der Waals surface area contributed by atoms with Gasteiger partial charge in [0.2, 0.25) is 11.8 Å². The molecule has 0 spiro atoms. The quantitative estimate of drug-likeness (QED) is 0.895. The minimum atomic E-state index is -0.266. The van der Waals surface area contributed by atoms with E-state index in [0.29, 0.717) is 18.0 Å². The van der Waals surface area contributed by atoms with Crippen molar-refractivity contribution in [3.05, 3.63) is 48.2 Å². The van der Waals surface area contributed by atoms with Gasteiger partial charge >= 0.3 is 0 Å². The molecule has 3 rings (SSSR count). The van der Waals surface area contributed by atoms with Crippen LogP contribution in [-0.2, 0) is 11.2 Å². The van der Waals surface area contributed by atoms with E-state index >= 15 is 0 Å². The zero-order valence-corrected chi connectivity index (χ0v) is 11.1. The normalized spacial score (nSPS) is 16.1. The molecule has 1 aromatic carbocycles. The SMILES string of the molecule is COc1ncccc1NC(=O)C1Cc2ccccc2N1. The highest BCUT2D eigenvalue weighted by Crippen LogP contribution is 2.27. The highest BCUT2D eigenvalue weighted by molar-refractivity contribution is 5.98. The molecule has 1 aromatic heterocycles. The van der Waals surface area contributed by atoms with E-state index in [9.17, 15) is 4.79 Å². The van der Waals surface area contributed by atoms with Gasteiger partial charge in [-0.1, -0.05) is 18.2 Å². The molecule has 102 valence electrons. The number of methoxy groups -OCH3 is 1. The number of pyridine rings is 1. The first-order valence-electron chi connectivity index (χ1n) is 6.42. The second-order valence-corrected chi connectivity index (χ2v) is 4.61. The molecule has 2 aromatic rings. The number of hydrogen-bond acceptors (Lipinski definition) is 4. The number of anilines is 2. The molecule has 0 fully saturated rings. The van der Waals surface area contributed by atoms with Crippen LogP contribution in [0.4, 0.5) is 11.4 Å². The minimum Gasteiger partial charge on any atom is -0.480 e. The standard InChI is InChI=1S/C15H15N3O2/c1-20-15-12(7-4-8-16-15)18-14(19)13-9-10-5-2-3-6-11(10)17-13/h2-8,13,17H,9H2,1H3,(H,18,19). The fourth-order valence-corrected chi connectivity index (χ4v) is 2.32. The Balaban J connectivity index is 1.72. The van der Waals surface area contributed by atoms with Gasteiger partial charge in [0.1, 0.15) is 11.7 Å². The summed E-state index contributed by atoms with van der Waals surface area (Å²) in [6, 6.07) is 11.2. The first-order valence-corrected chi connectivity index (χ1v) is 6.42. The van der Waals surface area contributed by atoms with Crippen LogP contribution in [0.2, 0.25) is 0 Å².